The molecule has 0 spiro atoms. The zero-order valence-corrected chi connectivity index (χ0v) is 13.5. The van der Waals surface area contributed by atoms with Crippen molar-refractivity contribution in [3.8, 4) is 0 Å². The summed E-state index contributed by atoms with van der Waals surface area (Å²) in [5, 5.41) is 4.92. The Bertz CT molecular complexity index is 731. The Morgan fingerprint density at radius 2 is 1.76 bits per heavy atom. The Morgan fingerprint density at radius 1 is 1.08 bits per heavy atom. The number of carbonyl (C=O) groups is 1. The summed E-state index contributed by atoms with van der Waals surface area (Å²) < 4.78 is 52.6. The van der Waals surface area contributed by atoms with Crippen LogP contribution in [0, 0.1) is 5.82 Å². The molecule has 0 fully saturated rings. The van der Waals surface area contributed by atoms with Crippen LogP contribution in [-0.4, -0.2) is 18.1 Å². The van der Waals surface area contributed by atoms with Crippen molar-refractivity contribution in [3.05, 3.63) is 59.9 Å². The minimum absolute atomic E-state index is 0.0602. The molecule has 0 saturated heterocycles. The molecular weight excluding hydrogens is 336 g/mol. The molecule has 25 heavy (non-hydrogen) atoms. The number of nitrogens with one attached hydrogen (secondary N) is 2. The molecule has 0 aliphatic rings. The van der Waals surface area contributed by atoms with Gasteiger partial charge in [-0.1, -0.05) is 31.5 Å². The van der Waals surface area contributed by atoms with E-state index in [1.807, 2.05) is 0 Å². The van der Waals surface area contributed by atoms with Crippen LogP contribution in [0.3, 0.4) is 0 Å². The molecule has 134 valence electrons. The van der Waals surface area contributed by atoms with Gasteiger partial charge in [-0.15, -0.1) is 0 Å². The topological polar surface area (TPSA) is 41.1 Å². The SMILES string of the molecule is CCCC(Nc1cccc(NC(=O)c2ccccc2F)c1)C(F)(F)F. The van der Waals surface area contributed by atoms with Crippen LogP contribution in [0.4, 0.5) is 28.9 Å². The maximum atomic E-state index is 13.6. The highest BCUT2D eigenvalue weighted by Gasteiger charge is 2.38. The molecule has 2 aromatic rings. The molecule has 0 radical (unpaired) electrons. The maximum Gasteiger partial charge on any atom is 0.408 e. The van der Waals surface area contributed by atoms with Gasteiger partial charge in [0, 0.05) is 11.4 Å². The van der Waals surface area contributed by atoms with E-state index in [4.69, 9.17) is 0 Å². The lowest BCUT2D eigenvalue weighted by atomic mass is 10.1. The zero-order valence-electron chi connectivity index (χ0n) is 13.5. The van der Waals surface area contributed by atoms with E-state index in [0.717, 1.165) is 6.07 Å². The summed E-state index contributed by atoms with van der Waals surface area (Å²) in [6.45, 7) is 1.67. The molecule has 0 aliphatic carbocycles. The first-order valence-corrected chi connectivity index (χ1v) is 7.80. The van der Waals surface area contributed by atoms with Gasteiger partial charge in [0.2, 0.25) is 0 Å². The third kappa shape index (κ3) is 5.20. The van der Waals surface area contributed by atoms with Crippen molar-refractivity contribution in [2.75, 3.05) is 10.6 Å². The third-order valence-corrected chi connectivity index (χ3v) is 3.55. The first-order valence-electron chi connectivity index (χ1n) is 7.80. The molecule has 1 unspecified atom stereocenters. The van der Waals surface area contributed by atoms with Crippen LogP contribution in [0.1, 0.15) is 30.1 Å². The highest BCUT2D eigenvalue weighted by Crippen LogP contribution is 2.27. The van der Waals surface area contributed by atoms with Crippen molar-refractivity contribution in [2.24, 2.45) is 0 Å². The number of alkyl halides is 3. The predicted molar refractivity (Wildman–Crippen MR) is 89.2 cm³/mol. The molecule has 2 aromatic carbocycles. The summed E-state index contributed by atoms with van der Waals surface area (Å²) in [6.07, 6.45) is -4.06. The molecule has 2 rings (SSSR count). The number of amides is 1. The summed E-state index contributed by atoms with van der Waals surface area (Å²) >= 11 is 0. The molecule has 0 aromatic heterocycles. The van der Waals surface area contributed by atoms with Gasteiger partial charge in [-0.05, 0) is 36.8 Å². The summed E-state index contributed by atoms with van der Waals surface area (Å²) in [5.74, 6) is -1.34. The minimum atomic E-state index is -4.37. The molecule has 0 heterocycles. The van der Waals surface area contributed by atoms with E-state index in [1.54, 1.807) is 6.92 Å². The molecular formula is C18H18F4N2O. The van der Waals surface area contributed by atoms with Crippen molar-refractivity contribution >= 4 is 17.3 Å². The van der Waals surface area contributed by atoms with E-state index in [2.05, 4.69) is 10.6 Å². The average molecular weight is 354 g/mol. The van der Waals surface area contributed by atoms with Crippen molar-refractivity contribution in [1.29, 1.82) is 0 Å². The standard InChI is InChI=1S/C18H18F4N2O/c1-2-6-16(18(20,21)22)23-12-7-5-8-13(11-12)24-17(25)14-9-3-4-10-15(14)19/h3-5,7-11,16,23H,2,6H2,1H3,(H,24,25). The van der Waals surface area contributed by atoms with E-state index in [-0.39, 0.29) is 23.4 Å². The summed E-state index contributed by atoms with van der Waals surface area (Å²) in [4.78, 5) is 12.1. The van der Waals surface area contributed by atoms with Gasteiger partial charge in [0.05, 0.1) is 5.56 Å². The van der Waals surface area contributed by atoms with Gasteiger partial charge in [-0.25, -0.2) is 4.39 Å². The van der Waals surface area contributed by atoms with E-state index < -0.39 is 23.9 Å². The number of rotatable bonds is 6. The van der Waals surface area contributed by atoms with Crippen LogP contribution in [-0.2, 0) is 0 Å². The Balaban J connectivity index is 2.13. The van der Waals surface area contributed by atoms with E-state index >= 15 is 0 Å². The molecule has 0 bridgehead atoms. The second-order valence-corrected chi connectivity index (χ2v) is 5.54. The summed E-state index contributed by atoms with van der Waals surface area (Å²) in [5.41, 5.74) is 0.359. The second-order valence-electron chi connectivity index (χ2n) is 5.54. The third-order valence-electron chi connectivity index (χ3n) is 3.55. The van der Waals surface area contributed by atoms with Crippen LogP contribution in [0.15, 0.2) is 48.5 Å². The molecule has 0 saturated carbocycles. The molecule has 3 nitrogen and oxygen atoms in total. The van der Waals surface area contributed by atoms with E-state index in [0.29, 0.717) is 6.42 Å². The molecule has 7 heteroatoms. The Kier molecular flexibility index (Phi) is 6.01. The van der Waals surface area contributed by atoms with Gasteiger partial charge < -0.3 is 10.6 Å². The normalized spacial score (nSPS) is 12.5. The monoisotopic (exact) mass is 354 g/mol. The van der Waals surface area contributed by atoms with Crippen molar-refractivity contribution < 1.29 is 22.4 Å². The van der Waals surface area contributed by atoms with E-state index in [9.17, 15) is 22.4 Å². The summed E-state index contributed by atoms with van der Waals surface area (Å²) in [6, 6.07) is 9.69. The first kappa shape index (κ1) is 18.8. The van der Waals surface area contributed by atoms with Crippen LogP contribution >= 0.6 is 0 Å². The van der Waals surface area contributed by atoms with Crippen LogP contribution < -0.4 is 10.6 Å². The highest BCUT2D eigenvalue weighted by atomic mass is 19.4. The van der Waals surface area contributed by atoms with Crippen molar-refractivity contribution in [1.82, 2.24) is 0 Å². The van der Waals surface area contributed by atoms with Gasteiger partial charge in [0.1, 0.15) is 11.9 Å². The number of halogens is 4. The van der Waals surface area contributed by atoms with Crippen molar-refractivity contribution in [2.45, 2.75) is 32.0 Å². The quantitative estimate of drug-likeness (QED) is 0.698. The Hall–Kier alpha value is -2.57. The van der Waals surface area contributed by atoms with Crippen LogP contribution in [0.2, 0.25) is 0 Å². The fourth-order valence-corrected chi connectivity index (χ4v) is 2.34. The maximum absolute atomic E-state index is 13.6. The zero-order chi connectivity index (χ0) is 18.4. The average Bonchev–Trinajstić information content (AvgIpc) is 2.54. The van der Waals surface area contributed by atoms with Gasteiger partial charge in [-0.3, -0.25) is 4.79 Å². The number of carbonyl (C=O) groups excluding carboxylic acids is 1. The number of benzene rings is 2. The highest BCUT2D eigenvalue weighted by molar-refractivity contribution is 6.04. The fraction of sp³-hybridized carbons (Fsp3) is 0.278. The lowest BCUT2D eigenvalue weighted by molar-refractivity contribution is -0.143. The number of hydrogen-bond donors (Lipinski definition) is 2. The smallest absolute Gasteiger partial charge is 0.374 e. The van der Waals surface area contributed by atoms with Gasteiger partial charge in [0.25, 0.3) is 5.91 Å². The lowest BCUT2D eigenvalue weighted by Crippen LogP contribution is -2.36. The lowest BCUT2D eigenvalue weighted by Gasteiger charge is -2.22. The van der Waals surface area contributed by atoms with E-state index in [1.165, 1.54) is 42.5 Å². The number of hydrogen-bond acceptors (Lipinski definition) is 2. The van der Waals surface area contributed by atoms with Gasteiger partial charge >= 0.3 is 6.18 Å². The molecule has 0 aliphatic heterocycles. The van der Waals surface area contributed by atoms with Gasteiger partial charge in [-0.2, -0.15) is 13.2 Å². The number of anilines is 2. The Labute approximate surface area is 143 Å². The summed E-state index contributed by atoms with van der Waals surface area (Å²) in [7, 11) is 0. The van der Waals surface area contributed by atoms with Crippen LogP contribution in [0.25, 0.3) is 0 Å². The fourth-order valence-electron chi connectivity index (χ4n) is 2.34. The molecule has 1 amide bonds. The largest absolute Gasteiger partial charge is 0.408 e. The van der Waals surface area contributed by atoms with Crippen molar-refractivity contribution in [3.63, 3.8) is 0 Å². The molecule has 1 atom stereocenters. The first-order chi connectivity index (χ1) is 11.8. The Morgan fingerprint density at radius 3 is 2.40 bits per heavy atom. The van der Waals surface area contributed by atoms with Crippen LogP contribution in [0.5, 0.6) is 0 Å². The second kappa shape index (κ2) is 8.00. The molecule has 2 N–H and O–H groups in total. The minimum Gasteiger partial charge on any atom is -0.374 e. The van der Waals surface area contributed by atoms with Gasteiger partial charge in [0.15, 0.2) is 0 Å². The predicted octanol–water partition coefficient (Wildman–Crippen LogP) is 5.22.